The van der Waals surface area contributed by atoms with E-state index in [0.717, 1.165) is 0 Å². The third-order valence-electron chi connectivity index (χ3n) is 4.51. The summed E-state index contributed by atoms with van der Waals surface area (Å²) in [5.41, 5.74) is 1.12. The number of hydrogen-bond acceptors (Lipinski definition) is 6. The van der Waals surface area contributed by atoms with Crippen molar-refractivity contribution < 1.29 is 19.6 Å². The van der Waals surface area contributed by atoms with Crippen LogP contribution in [0.4, 0.5) is 5.69 Å². The molecule has 1 heterocycles. The Morgan fingerprint density at radius 2 is 1.81 bits per heavy atom. The molecule has 4 aromatic rings. The van der Waals surface area contributed by atoms with Gasteiger partial charge in [0.15, 0.2) is 0 Å². The molecule has 0 spiro atoms. The summed E-state index contributed by atoms with van der Waals surface area (Å²) in [7, 11) is 0. The number of rotatable bonds is 5. The van der Waals surface area contributed by atoms with Crippen molar-refractivity contribution in [2.75, 3.05) is 0 Å². The average Bonchev–Trinajstić information content (AvgIpc) is 3.04. The number of esters is 1. The molecule has 31 heavy (non-hydrogen) atoms. The van der Waals surface area contributed by atoms with Crippen LogP contribution in [0.15, 0.2) is 60.7 Å². The van der Waals surface area contributed by atoms with Crippen molar-refractivity contribution in [1.82, 2.24) is 9.78 Å². The van der Waals surface area contributed by atoms with E-state index in [2.05, 4.69) is 5.10 Å². The van der Waals surface area contributed by atoms with Crippen LogP contribution in [0.2, 0.25) is 10.0 Å². The van der Waals surface area contributed by atoms with Gasteiger partial charge in [-0.1, -0.05) is 41.4 Å². The normalized spacial score (nSPS) is 10.9. The fraction of sp³-hybridized carbons (Fsp3) is 0.0476. The quantitative estimate of drug-likeness (QED) is 0.250. The predicted molar refractivity (Wildman–Crippen MR) is 115 cm³/mol. The SMILES string of the molecule is O=C(Oc1nn(Cc2cccc([N+](=O)[O-])c2)c2ccc(O)cc12)c1c(Cl)cccc1Cl. The first-order chi connectivity index (χ1) is 14.8. The number of aromatic nitrogens is 2. The smallest absolute Gasteiger partial charge is 0.347 e. The number of nitro groups is 1. The molecule has 156 valence electrons. The molecular weight excluding hydrogens is 445 g/mol. The summed E-state index contributed by atoms with van der Waals surface area (Å²) >= 11 is 12.2. The Balaban J connectivity index is 1.73. The average molecular weight is 458 g/mol. The van der Waals surface area contributed by atoms with Gasteiger partial charge in [0, 0.05) is 12.1 Å². The van der Waals surface area contributed by atoms with Gasteiger partial charge in [-0.2, -0.15) is 0 Å². The van der Waals surface area contributed by atoms with Crippen LogP contribution in [0.1, 0.15) is 15.9 Å². The first kappa shape index (κ1) is 20.6. The molecule has 0 bridgehead atoms. The Kier molecular flexibility index (Phi) is 5.50. The van der Waals surface area contributed by atoms with E-state index in [4.69, 9.17) is 27.9 Å². The second-order valence-electron chi connectivity index (χ2n) is 6.58. The van der Waals surface area contributed by atoms with Gasteiger partial charge >= 0.3 is 5.97 Å². The van der Waals surface area contributed by atoms with Crippen molar-refractivity contribution in [3.05, 3.63) is 92.0 Å². The van der Waals surface area contributed by atoms with Gasteiger partial charge in [0.05, 0.1) is 38.0 Å². The van der Waals surface area contributed by atoms with Gasteiger partial charge < -0.3 is 9.84 Å². The minimum Gasteiger partial charge on any atom is -0.508 e. The molecular formula is C21H13Cl2N3O5. The van der Waals surface area contributed by atoms with Crippen molar-refractivity contribution in [3.63, 3.8) is 0 Å². The highest BCUT2D eigenvalue weighted by Gasteiger charge is 2.21. The molecule has 0 aliphatic heterocycles. The number of phenols is 1. The minimum absolute atomic E-state index is 0.00706. The molecule has 0 aliphatic carbocycles. The maximum Gasteiger partial charge on any atom is 0.347 e. The van der Waals surface area contributed by atoms with Gasteiger partial charge in [0.25, 0.3) is 5.69 Å². The molecule has 1 aromatic heterocycles. The van der Waals surface area contributed by atoms with Crippen molar-refractivity contribution in [3.8, 4) is 11.6 Å². The number of ether oxygens (including phenoxy) is 1. The minimum atomic E-state index is -0.805. The zero-order chi connectivity index (χ0) is 22.1. The Morgan fingerprint density at radius 3 is 2.52 bits per heavy atom. The largest absolute Gasteiger partial charge is 0.508 e. The molecule has 0 fully saturated rings. The van der Waals surface area contributed by atoms with Crippen LogP contribution in [0, 0.1) is 10.1 Å². The van der Waals surface area contributed by atoms with Gasteiger partial charge in [0.2, 0.25) is 5.88 Å². The van der Waals surface area contributed by atoms with Gasteiger partial charge in [0.1, 0.15) is 5.75 Å². The monoisotopic (exact) mass is 457 g/mol. The van der Waals surface area contributed by atoms with Crippen molar-refractivity contribution >= 4 is 45.8 Å². The number of carbonyl (C=O) groups excluding carboxylic acids is 1. The van der Waals surface area contributed by atoms with E-state index < -0.39 is 10.9 Å². The van der Waals surface area contributed by atoms with Crippen LogP contribution in [-0.4, -0.2) is 25.8 Å². The number of nitro benzene ring substituents is 1. The molecule has 8 nitrogen and oxygen atoms in total. The molecule has 0 radical (unpaired) electrons. The van der Waals surface area contributed by atoms with Crippen molar-refractivity contribution in [2.45, 2.75) is 6.54 Å². The first-order valence-electron chi connectivity index (χ1n) is 8.92. The summed E-state index contributed by atoms with van der Waals surface area (Å²) in [5.74, 6) is -0.909. The molecule has 0 unspecified atom stereocenters. The van der Waals surface area contributed by atoms with Gasteiger partial charge in [-0.15, -0.1) is 5.10 Å². The number of benzene rings is 3. The van der Waals surface area contributed by atoms with Gasteiger partial charge in [-0.25, -0.2) is 4.79 Å². The van der Waals surface area contributed by atoms with Crippen LogP contribution in [0.5, 0.6) is 11.6 Å². The van der Waals surface area contributed by atoms with Crippen LogP contribution in [0.25, 0.3) is 10.9 Å². The van der Waals surface area contributed by atoms with Crippen LogP contribution < -0.4 is 4.74 Å². The second-order valence-corrected chi connectivity index (χ2v) is 7.39. The van der Waals surface area contributed by atoms with E-state index in [1.165, 1.54) is 41.1 Å². The first-order valence-corrected chi connectivity index (χ1v) is 9.68. The zero-order valence-corrected chi connectivity index (χ0v) is 17.2. The van der Waals surface area contributed by atoms with E-state index >= 15 is 0 Å². The number of fused-ring (bicyclic) bond motifs is 1. The van der Waals surface area contributed by atoms with Gasteiger partial charge in [-0.3, -0.25) is 14.8 Å². The van der Waals surface area contributed by atoms with Crippen LogP contribution >= 0.6 is 23.2 Å². The highest BCUT2D eigenvalue weighted by atomic mass is 35.5. The summed E-state index contributed by atoms with van der Waals surface area (Å²) in [6, 6.07) is 15.2. The number of aromatic hydroxyl groups is 1. The molecule has 4 rings (SSSR count). The van der Waals surface area contributed by atoms with E-state index in [0.29, 0.717) is 16.5 Å². The van der Waals surface area contributed by atoms with E-state index in [1.54, 1.807) is 24.3 Å². The summed E-state index contributed by atoms with van der Waals surface area (Å²) in [6.07, 6.45) is 0. The maximum atomic E-state index is 12.7. The highest BCUT2D eigenvalue weighted by molar-refractivity contribution is 6.39. The predicted octanol–water partition coefficient (Wildman–Crippen LogP) is 5.22. The highest BCUT2D eigenvalue weighted by Crippen LogP contribution is 2.31. The molecule has 1 N–H and O–H groups in total. The molecule has 0 amide bonds. The standard InChI is InChI=1S/C21H13Cl2N3O5/c22-16-5-2-6-17(23)19(16)21(28)31-20-15-10-14(27)7-8-18(15)25(24-20)11-12-3-1-4-13(9-12)26(29)30/h1-10,27H,11H2. The molecule has 3 aromatic carbocycles. The Bertz CT molecular complexity index is 1320. The van der Waals surface area contributed by atoms with E-state index in [-0.39, 0.29) is 39.5 Å². The van der Waals surface area contributed by atoms with Gasteiger partial charge in [-0.05, 0) is 35.9 Å². The molecule has 0 saturated carbocycles. The lowest BCUT2D eigenvalue weighted by Crippen LogP contribution is -2.11. The number of hydrogen-bond donors (Lipinski definition) is 1. The number of nitrogens with zero attached hydrogens (tertiary/aromatic N) is 3. The number of carbonyl (C=O) groups is 1. The summed E-state index contributed by atoms with van der Waals surface area (Å²) in [6.45, 7) is 0.174. The maximum absolute atomic E-state index is 12.7. The Morgan fingerprint density at radius 1 is 1.10 bits per heavy atom. The van der Waals surface area contributed by atoms with Crippen molar-refractivity contribution in [1.29, 1.82) is 0 Å². The lowest BCUT2D eigenvalue weighted by atomic mass is 10.2. The molecule has 0 saturated heterocycles. The summed E-state index contributed by atoms with van der Waals surface area (Å²) < 4.78 is 6.97. The second kappa shape index (κ2) is 8.25. The van der Waals surface area contributed by atoms with Crippen molar-refractivity contribution in [2.24, 2.45) is 0 Å². The number of halogens is 2. The summed E-state index contributed by atoms with van der Waals surface area (Å²) in [5, 5.41) is 25.9. The number of non-ortho nitro benzene ring substituents is 1. The third kappa shape index (κ3) is 4.16. The zero-order valence-electron chi connectivity index (χ0n) is 15.7. The Labute approximate surface area is 185 Å². The summed E-state index contributed by atoms with van der Waals surface area (Å²) in [4.78, 5) is 23.3. The molecule has 10 heteroatoms. The fourth-order valence-corrected chi connectivity index (χ4v) is 3.66. The Hall–Kier alpha value is -3.62. The van der Waals surface area contributed by atoms with Crippen LogP contribution in [-0.2, 0) is 6.54 Å². The lowest BCUT2D eigenvalue weighted by Gasteiger charge is -2.06. The van der Waals surface area contributed by atoms with E-state index in [1.807, 2.05) is 0 Å². The van der Waals surface area contributed by atoms with E-state index in [9.17, 15) is 20.0 Å². The fourth-order valence-electron chi connectivity index (χ4n) is 3.11. The topological polar surface area (TPSA) is 107 Å². The van der Waals surface area contributed by atoms with Crippen LogP contribution in [0.3, 0.4) is 0 Å². The number of phenolic OH excluding ortho intramolecular Hbond substituents is 1. The lowest BCUT2D eigenvalue weighted by molar-refractivity contribution is -0.384. The molecule has 0 atom stereocenters. The third-order valence-corrected chi connectivity index (χ3v) is 5.14. The molecule has 0 aliphatic rings.